The van der Waals surface area contributed by atoms with Gasteiger partial charge in [0.2, 0.25) is 0 Å². The second-order valence-electron chi connectivity index (χ2n) is 4.87. The first kappa shape index (κ1) is 15.6. The third-order valence-electron chi connectivity index (χ3n) is 3.27. The summed E-state index contributed by atoms with van der Waals surface area (Å²) in [6.07, 6.45) is 2.09. The van der Waals surface area contributed by atoms with Gasteiger partial charge in [0.15, 0.2) is 0 Å². The third-order valence-corrected chi connectivity index (χ3v) is 4.50. The number of benzene rings is 2. The van der Waals surface area contributed by atoms with Crippen LogP contribution in [0.1, 0.15) is 30.5 Å². The average molecular weight is 353 g/mol. The van der Waals surface area contributed by atoms with E-state index in [9.17, 15) is 0 Å². The Morgan fingerprint density at radius 1 is 1.15 bits per heavy atom. The minimum absolute atomic E-state index is 0.294. The predicted octanol–water partition coefficient (Wildman–Crippen LogP) is 5.39. The molecule has 1 unspecified atom stereocenters. The van der Waals surface area contributed by atoms with E-state index in [-0.39, 0.29) is 0 Å². The summed E-state index contributed by atoms with van der Waals surface area (Å²) in [5, 5.41) is 4.37. The molecule has 1 nitrogen and oxygen atoms in total. The molecule has 2 aromatic carbocycles. The zero-order valence-corrected chi connectivity index (χ0v) is 13.9. The Kier molecular flexibility index (Phi) is 6.08. The molecule has 2 aromatic rings. The van der Waals surface area contributed by atoms with Crippen LogP contribution in [0.25, 0.3) is 0 Å². The van der Waals surface area contributed by atoms with Gasteiger partial charge in [-0.25, -0.2) is 0 Å². The molecule has 20 heavy (non-hydrogen) atoms. The molecule has 1 atom stereocenters. The second-order valence-corrected chi connectivity index (χ2v) is 6.13. The van der Waals surface area contributed by atoms with Crippen LogP contribution in [-0.4, -0.2) is 6.54 Å². The van der Waals surface area contributed by atoms with Crippen LogP contribution in [-0.2, 0) is 6.42 Å². The molecule has 0 bridgehead atoms. The molecule has 0 radical (unpaired) electrons. The van der Waals surface area contributed by atoms with Crippen molar-refractivity contribution in [3.63, 3.8) is 0 Å². The number of hydrogen-bond acceptors (Lipinski definition) is 1. The molecule has 2 rings (SSSR count). The standard InChI is InChI=1S/C17H19BrClN/c1-2-10-20-17(11-13-6-4-3-5-7-13)14-8-9-15(18)16(19)12-14/h3-9,12,17,20H,2,10-11H2,1H3. The highest BCUT2D eigenvalue weighted by atomic mass is 79.9. The molecule has 106 valence electrons. The normalized spacial score (nSPS) is 12.3. The first-order valence-electron chi connectivity index (χ1n) is 6.93. The Balaban J connectivity index is 2.20. The molecule has 0 fully saturated rings. The van der Waals surface area contributed by atoms with Crippen molar-refractivity contribution in [2.24, 2.45) is 0 Å². The first-order chi connectivity index (χ1) is 9.70. The van der Waals surface area contributed by atoms with Crippen LogP contribution in [0.4, 0.5) is 0 Å². The van der Waals surface area contributed by atoms with Gasteiger partial charge in [-0.2, -0.15) is 0 Å². The maximum absolute atomic E-state index is 6.22. The molecule has 0 amide bonds. The fraction of sp³-hybridized carbons (Fsp3) is 0.294. The van der Waals surface area contributed by atoms with Crippen LogP contribution in [0.2, 0.25) is 5.02 Å². The van der Waals surface area contributed by atoms with E-state index in [0.29, 0.717) is 6.04 Å². The van der Waals surface area contributed by atoms with Crippen LogP contribution in [0.5, 0.6) is 0 Å². The maximum atomic E-state index is 6.22. The molecule has 0 aliphatic carbocycles. The van der Waals surface area contributed by atoms with Crippen molar-refractivity contribution in [3.05, 3.63) is 69.2 Å². The number of halogens is 2. The lowest BCUT2D eigenvalue weighted by Crippen LogP contribution is -2.24. The molecule has 0 heterocycles. The lowest BCUT2D eigenvalue weighted by atomic mass is 9.99. The van der Waals surface area contributed by atoms with E-state index >= 15 is 0 Å². The summed E-state index contributed by atoms with van der Waals surface area (Å²) in [6, 6.07) is 17.0. The second kappa shape index (κ2) is 7.82. The lowest BCUT2D eigenvalue weighted by Gasteiger charge is -2.20. The zero-order valence-electron chi connectivity index (χ0n) is 11.6. The van der Waals surface area contributed by atoms with E-state index in [1.54, 1.807) is 0 Å². The molecular formula is C17H19BrClN. The van der Waals surface area contributed by atoms with E-state index < -0.39 is 0 Å². The molecule has 0 saturated carbocycles. The maximum Gasteiger partial charge on any atom is 0.0551 e. The Labute approximate surface area is 134 Å². The summed E-state index contributed by atoms with van der Waals surface area (Å²) in [7, 11) is 0. The number of nitrogens with one attached hydrogen (secondary N) is 1. The first-order valence-corrected chi connectivity index (χ1v) is 8.10. The molecule has 0 aliphatic rings. The highest BCUT2D eigenvalue weighted by molar-refractivity contribution is 9.10. The quantitative estimate of drug-likeness (QED) is 0.735. The Morgan fingerprint density at radius 2 is 1.90 bits per heavy atom. The zero-order chi connectivity index (χ0) is 14.4. The van der Waals surface area contributed by atoms with Crippen LogP contribution in [0, 0.1) is 0 Å². The van der Waals surface area contributed by atoms with Gasteiger partial charge in [-0.05, 0) is 58.6 Å². The van der Waals surface area contributed by atoms with Gasteiger partial charge in [-0.3, -0.25) is 0 Å². The number of rotatable bonds is 6. The van der Waals surface area contributed by atoms with Crippen molar-refractivity contribution in [2.75, 3.05) is 6.54 Å². The van der Waals surface area contributed by atoms with Crippen LogP contribution < -0.4 is 5.32 Å². The van der Waals surface area contributed by atoms with Gasteiger partial charge in [0, 0.05) is 10.5 Å². The minimum atomic E-state index is 0.294. The van der Waals surface area contributed by atoms with Gasteiger partial charge in [-0.15, -0.1) is 0 Å². The van der Waals surface area contributed by atoms with Crippen LogP contribution in [0.15, 0.2) is 53.0 Å². The Hall–Kier alpha value is -0.830. The third kappa shape index (κ3) is 4.34. The van der Waals surface area contributed by atoms with E-state index in [4.69, 9.17) is 11.6 Å². The van der Waals surface area contributed by atoms with Crippen LogP contribution >= 0.6 is 27.5 Å². The topological polar surface area (TPSA) is 12.0 Å². The van der Waals surface area contributed by atoms with E-state index in [1.165, 1.54) is 11.1 Å². The summed E-state index contributed by atoms with van der Waals surface area (Å²) < 4.78 is 0.942. The van der Waals surface area contributed by atoms with E-state index in [0.717, 1.165) is 28.9 Å². The van der Waals surface area contributed by atoms with Crippen LogP contribution in [0.3, 0.4) is 0 Å². The summed E-state index contributed by atoms with van der Waals surface area (Å²) in [6.45, 7) is 3.19. The molecule has 0 spiro atoms. The summed E-state index contributed by atoms with van der Waals surface area (Å²) in [5.41, 5.74) is 2.57. The SMILES string of the molecule is CCCNC(Cc1ccccc1)c1ccc(Br)c(Cl)c1. The van der Waals surface area contributed by atoms with Crippen molar-refractivity contribution >= 4 is 27.5 Å². The van der Waals surface area contributed by atoms with Gasteiger partial charge in [0.1, 0.15) is 0 Å². The van der Waals surface area contributed by atoms with Crippen molar-refractivity contribution in [1.29, 1.82) is 0 Å². The van der Waals surface area contributed by atoms with Gasteiger partial charge in [0.25, 0.3) is 0 Å². The van der Waals surface area contributed by atoms with Crippen molar-refractivity contribution in [3.8, 4) is 0 Å². The van der Waals surface area contributed by atoms with Gasteiger partial charge < -0.3 is 5.32 Å². The fourth-order valence-corrected chi connectivity index (χ4v) is 2.64. The molecule has 0 saturated heterocycles. The van der Waals surface area contributed by atoms with E-state index in [1.807, 2.05) is 12.1 Å². The minimum Gasteiger partial charge on any atom is -0.310 e. The fourth-order valence-electron chi connectivity index (χ4n) is 2.21. The Morgan fingerprint density at radius 3 is 2.55 bits per heavy atom. The molecular weight excluding hydrogens is 334 g/mol. The summed E-state index contributed by atoms with van der Waals surface area (Å²) in [5.74, 6) is 0. The van der Waals surface area contributed by atoms with Gasteiger partial charge >= 0.3 is 0 Å². The van der Waals surface area contributed by atoms with Crippen molar-refractivity contribution in [1.82, 2.24) is 5.32 Å². The monoisotopic (exact) mass is 351 g/mol. The van der Waals surface area contributed by atoms with Gasteiger partial charge in [-0.1, -0.05) is 54.9 Å². The van der Waals surface area contributed by atoms with Gasteiger partial charge in [0.05, 0.1) is 5.02 Å². The molecule has 0 aliphatic heterocycles. The Bertz CT molecular complexity index is 542. The lowest BCUT2D eigenvalue weighted by molar-refractivity contribution is 0.529. The van der Waals surface area contributed by atoms with Crippen molar-refractivity contribution in [2.45, 2.75) is 25.8 Å². The summed E-state index contributed by atoms with van der Waals surface area (Å²) >= 11 is 9.67. The smallest absolute Gasteiger partial charge is 0.0551 e. The number of hydrogen-bond donors (Lipinski definition) is 1. The summed E-state index contributed by atoms with van der Waals surface area (Å²) in [4.78, 5) is 0. The highest BCUT2D eigenvalue weighted by Gasteiger charge is 2.12. The molecule has 0 aromatic heterocycles. The molecule has 1 N–H and O–H groups in total. The largest absolute Gasteiger partial charge is 0.310 e. The van der Waals surface area contributed by atoms with Crippen molar-refractivity contribution < 1.29 is 0 Å². The van der Waals surface area contributed by atoms with E-state index in [2.05, 4.69) is 64.6 Å². The molecule has 3 heteroatoms. The highest BCUT2D eigenvalue weighted by Crippen LogP contribution is 2.27. The average Bonchev–Trinajstić information content (AvgIpc) is 2.47. The predicted molar refractivity (Wildman–Crippen MR) is 90.3 cm³/mol.